The van der Waals surface area contributed by atoms with Crippen LogP contribution in [0.3, 0.4) is 0 Å². The van der Waals surface area contributed by atoms with E-state index in [1.807, 2.05) is 26.8 Å². The number of benzene rings is 1. The zero-order valence-electron chi connectivity index (χ0n) is 21.5. The molecule has 10 heteroatoms. The summed E-state index contributed by atoms with van der Waals surface area (Å²) in [6.07, 6.45) is 5.02. The van der Waals surface area contributed by atoms with Crippen molar-refractivity contribution in [3.8, 4) is 11.5 Å². The SMILES string of the molecule is CC(C)(C)NC(=O)Cc1nn(-c2ccc(CCN3C4CCC3COC4)cn2)c(=O)n1-c1cccc(Cl)c1. The molecule has 2 atom stereocenters. The maximum Gasteiger partial charge on any atom is 0.356 e. The summed E-state index contributed by atoms with van der Waals surface area (Å²) in [6.45, 7) is 8.33. The standard InChI is InChI=1S/C27H33ClN6O3/c1-27(2,3)30-25(35)14-24-31-34(26(36)33(24)20-6-4-5-19(28)13-20)23-10-7-18(15-29-23)11-12-32-21-8-9-22(32)17-37-16-21/h4-7,10,13,15,21-22H,8-9,11-12,14,16-17H2,1-3H3,(H,30,35). The average molecular weight is 525 g/mol. The molecule has 2 aliphatic heterocycles. The summed E-state index contributed by atoms with van der Waals surface area (Å²) in [5.41, 5.74) is 0.825. The summed E-state index contributed by atoms with van der Waals surface area (Å²) in [7, 11) is 0. The van der Waals surface area contributed by atoms with E-state index in [0.717, 1.165) is 31.7 Å². The molecule has 3 aromatic rings. The first-order valence-electron chi connectivity index (χ1n) is 12.7. The highest BCUT2D eigenvalue weighted by molar-refractivity contribution is 6.30. The van der Waals surface area contributed by atoms with Gasteiger partial charge in [0.25, 0.3) is 0 Å². The fourth-order valence-corrected chi connectivity index (χ4v) is 5.36. The molecule has 0 spiro atoms. The van der Waals surface area contributed by atoms with Gasteiger partial charge in [0, 0.05) is 35.4 Å². The molecular formula is C27H33ClN6O3. The number of ether oxygens (including phenoxy) is 1. The molecule has 1 amide bonds. The normalized spacial score (nSPS) is 19.8. The van der Waals surface area contributed by atoms with Crippen LogP contribution in [0.25, 0.3) is 11.5 Å². The van der Waals surface area contributed by atoms with Gasteiger partial charge in [-0.25, -0.2) is 14.3 Å². The van der Waals surface area contributed by atoms with Gasteiger partial charge in [-0.05, 0) is 69.9 Å². The number of hydrogen-bond donors (Lipinski definition) is 1. The maximum atomic E-state index is 13.5. The van der Waals surface area contributed by atoms with Crippen molar-refractivity contribution >= 4 is 17.5 Å². The minimum Gasteiger partial charge on any atom is -0.378 e. The van der Waals surface area contributed by atoms with Gasteiger partial charge in [0.15, 0.2) is 5.82 Å². The van der Waals surface area contributed by atoms with Gasteiger partial charge in [-0.2, -0.15) is 4.68 Å². The van der Waals surface area contributed by atoms with Gasteiger partial charge in [-0.15, -0.1) is 5.10 Å². The number of nitrogens with zero attached hydrogens (tertiary/aromatic N) is 5. The van der Waals surface area contributed by atoms with Crippen LogP contribution in [0.1, 0.15) is 45.0 Å². The zero-order chi connectivity index (χ0) is 26.2. The van der Waals surface area contributed by atoms with E-state index in [9.17, 15) is 9.59 Å². The molecule has 2 unspecified atom stereocenters. The Labute approximate surface area is 221 Å². The van der Waals surface area contributed by atoms with E-state index < -0.39 is 11.2 Å². The molecule has 2 bridgehead atoms. The van der Waals surface area contributed by atoms with Gasteiger partial charge >= 0.3 is 5.69 Å². The van der Waals surface area contributed by atoms with Crippen molar-refractivity contribution in [2.24, 2.45) is 0 Å². The number of carbonyl (C=O) groups is 1. The van der Waals surface area contributed by atoms with Crippen LogP contribution >= 0.6 is 11.6 Å². The number of fused-ring (bicyclic) bond motifs is 2. The number of amides is 1. The third-order valence-corrected chi connectivity index (χ3v) is 7.06. The minimum atomic E-state index is -0.411. The van der Waals surface area contributed by atoms with E-state index in [4.69, 9.17) is 16.3 Å². The second-order valence-corrected chi connectivity index (χ2v) is 11.3. The smallest absolute Gasteiger partial charge is 0.356 e. The van der Waals surface area contributed by atoms with Crippen molar-refractivity contribution in [3.63, 3.8) is 0 Å². The molecule has 0 radical (unpaired) electrons. The molecule has 4 heterocycles. The predicted octanol–water partition coefficient (Wildman–Crippen LogP) is 2.93. The highest BCUT2D eigenvalue weighted by Gasteiger charge is 2.36. The fourth-order valence-electron chi connectivity index (χ4n) is 5.18. The Kier molecular flexibility index (Phi) is 7.20. The van der Waals surface area contributed by atoms with E-state index in [2.05, 4.69) is 20.3 Å². The van der Waals surface area contributed by atoms with Gasteiger partial charge < -0.3 is 10.1 Å². The number of morpholine rings is 1. The van der Waals surface area contributed by atoms with Crippen molar-refractivity contribution < 1.29 is 9.53 Å². The van der Waals surface area contributed by atoms with E-state index in [1.165, 1.54) is 22.1 Å². The topological polar surface area (TPSA) is 94.3 Å². The van der Waals surface area contributed by atoms with Gasteiger partial charge in [0.05, 0.1) is 25.3 Å². The van der Waals surface area contributed by atoms with Crippen LogP contribution < -0.4 is 11.0 Å². The Bertz CT molecular complexity index is 1310. The van der Waals surface area contributed by atoms with Crippen LogP contribution in [-0.4, -0.2) is 67.5 Å². The lowest BCUT2D eigenvalue weighted by Gasteiger charge is -2.34. The Morgan fingerprint density at radius 3 is 2.57 bits per heavy atom. The van der Waals surface area contributed by atoms with E-state index >= 15 is 0 Å². The van der Waals surface area contributed by atoms with Gasteiger partial charge in [0.2, 0.25) is 5.91 Å². The van der Waals surface area contributed by atoms with Crippen LogP contribution in [0.15, 0.2) is 47.4 Å². The Hall–Kier alpha value is -3.01. The number of rotatable bonds is 7. The van der Waals surface area contributed by atoms with Crippen molar-refractivity contribution in [2.45, 2.75) is 64.1 Å². The van der Waals surface area contributed by atoms with Crippen molar-refractivity contribution in [3.05, 3.63) is 69.5 Å². The molecular weight excluding hydrogens is 492 g/mol. The molecule has 2 aromatic heterocycles. The predicted molar refractivity (Wildman–Crippen MR) is 142 cm³/mol. The first kappa shape index (κ1) is 25.6. The van der Waals surface area contributed by atoms with E-state index in [1.54, 1.807) is 36.5 Å². The van der Waals surface area contributed by atoms with Gasteiger partial charge in [-0.1, -0.05) is 23.7 Å². The number of nitrogens with one attached hydrogen (secondary N) is 1. The fraction of sp³-hybridized carbons (Fsp3) is 0.481. The summed E-state index contributed by atoms with van der Waals surface area (Å²) >= 11 is 6.20. The molecule has 0 aliphatic carbocycles. The lowest BCUT2D eigenvalue weighted by molar-refractivity contribution is -0.121. The third kappa shape index (κ3) is 5.79. The number of halogens is 1. The molecule has 2 aliphatic rings. The third-order valence-electron chi connectivity index (χ3n) is 6.82. The summed E-state index contributed by atoms with van der Waals surface area (Å²) in [5.74, 6) is 0.481. The Morgan fingerprint density at radius 1 is 1.16 bits per heavy atom. The second kappa shape index (κ2) is 10.4. The highest BCUT2D eigenvalue weighted by Crippen LogP contribution is 2.28. The van der Waals surface area contributed by atoms with Crippen molar-refractivity contribution in [2.75, 3.05) is 19.8 Å². The van der Waals surface area contributed by atoms with Crippen LogP contribution in [0.4, 0.5) is 0 Å². The molecule has 2 saturated heterocycles. The van der Waals surface area contributed by atoms with Crippen molar-refractivity contribution in [1.29, 1.82) is 0 Å². The quantitative estimate of drug-likeness (QED) is 0.511. The molecule has 1 aromatic carbocycles. The first-order valence-corrected chi connectivity index (χ1v) is 13.1. The van der Waals surface area contributed by atoms with E-state index in [-0.39, 0.29) is 12.3 Å². The molecule has 1 N–H and O–H groups in total. The van der Waals surface area contributed by atoms with Crippen molar-refractivity contribution in [1.82, 2.24) is 29.5 Å². The summed E-state index contributed by atoms with van der Waals surface area (Å²) in [6, 6.07) is 11.8. The summed E-state index contributed by atoms with van der Waals surface area (Å²) in [5, 5.41) is 7.92. The molecule has 2 fully saturated rings. The zero-order valence-corrected chi connectivity index (χ0v) is 22.2. The monoisotopic (exact) mass is 524 g/mol. The first-order chi connectivity index (χ1) is 17.7. The second-order valence-electron chi connectivity index (χ2n) is 10.8. The maximum absolute atomic E-state index is 13.5. The van der Waals surface area contributed by atoms with Crippen LogP contribution in [-0.2, 0) is 22.4 Å². The summed E-state index contributed by atoms with van der Waals surface area (Å²) < 4.78 is 8.34. The highest BCUT2D eigenvalue weighted by atomic mass is 35.5. The number of carbonyl (C=O) groups excluding carboxylic acids is 1. The lowest BCUT2D eigenvalue weighted by atomic mass is 10.1. The van der Waals surface area contributed by atoms with Crippen LogP contribution in [0.5, 0.6) is 0 Å². The van der Waals surface area contributed by atoms with Crippen LogP contribution in [0.2, 0.25) is 5.02 Å². The number of hydrogen-bond acceptors (Lipinski definition) is 6. The lowest BCUT2D eigenvalue weighted by Crippen LogP contribution is -2.46. The minimum absolute atomic E-state index is 0.0635. The summed E-state index contributed by atoms with van der Waals surface area (Å²) in [4.78, 5) is 33.3. The molecule has 0 saturated carbocycles. The molecule has 196 valence electrons. The molecule has 5 rings (SSSR count). The largest absolute Gasteiger partial charge is 0.378 e. The number of aromatic nitrogens is 4. The van der Waals surface area contributed by atoms with Crippen LogP contribution in [0, 0.1) is 0 Å². The Morgan fingerprint density at radius 2 is 1.92 bits per heavy atom. The van der Waals surface area contributed by atoms with Gasteiger partial charge in [0.1, 0.15) is 5.82 Å². The number of pyridine rings is 1. The van der Waals surface area contributed by atoms with Gasteiger partial charge in [-0.3, -0.25) is 9.69 Å². The average Bonchev–Trinajstić information content (AvgIpc) is 3.26. The molecule has 37 heavy (non-hydrogen) atoms. The molecule has 9 nitrogen and oxygen atoms in total. The van der Waals surface area contributed by atoms with E-state index in [0.29, 0.717) is 34.4 Å². The Balaban J connectivity index is 1.39.